The molecule has 0 spiro atoms. The molecule has 2 rings (SSSR count). The predicted molar refractivity (Wildman–Crippen MR) is 80.8 cm³/mol. The van der Waals surface area contributed by atoms with Gasteiger partial charge in [-0.2, -0.15) is 13.2 Å². The highest BCUT2D eigenvalue weighted by Crippen LogP contribution is 2.42. The van der Waals surface area contributed by atoms with Crippen molar-refractivity contribution in [2.45, 2.75) is 25.4 Å². The summed E-state index contributed by atoms with van der Waals surface area (Å²) in [6.07, 6.45) is -2.62. The van der Waals surface area contributed by atoms with Crippen LogP contribution >= 0.6 is 28.1 Å². The minimum absolute atomic E-state index is 0.0595. The molecule has 21 heavy (non-hydrogen) atoms. The molecule has 3 N–H and O–H groups in total. The largest absolute Gasteiger partial charge is 0.416 e. The smallest absolute Gasteiger partial charge is 0.392 e. The molecule has 1 aromatic carbocycles. The third kappa shape index (κ3) is 3.21. The zero-order valence-electron chi connectivity index (χ0n) is 10.8. The van der Waals surface area contributed by atoms with Crippen LogP contribution in [0.15, 0.2) is 22.7 Å². The van der Waals surface area contributed by atoms with Crippen LogP contribution in [-0.4, -0.2) is 10.9 Å². The van der Waals surface area contributed by atoms with Crippen molar-refractivity contribution < 1.29 is 18.0 Å². The van der Waals surface area contributed by atoms with E-state index in [0.29, 0.717) is 12.8 Å². The summed E-state index contributed by atoms with van der Waals surface area (Å²) in [6, 6.07) is 3.23. The van der Waals surface area contributed by atoms with Crippen molar-refractivity contribution in [1.29, 1.82) is 0 Å². The Balaban J connectivity index is 2.26. The van der Waals surface area contributed by atoms with Gasteiger partial charge in [-0.15, -0.1) is 0 Å². The van der Waals surface area contributed by atoms with Crippen molar-refractivity contribution in [1.82, 2.24) is 0 Å². The molecule has 1 amide bonds. The van der Waals surface area contributed by atoms with Gasteiger partial charge in [0.15, 0.2) is 0 Å². The predicted octanol–water partition coefficient (Wildman–Crippen LogP) is 3.86. The number of nitrogens with two attached hydrogens (primary N) is 1. The first kappa shape index (κ1) is 16.2. The van der Waals surface area contributed by atoms with Crippen molar-refractivity contribution >= 4 is 44.7 Å². The van der Waals surface area contributed by atoms with E-state index in [9.17, 15) is 18.0 Å². The van der Waals surface area contributed by atoms with Gasteiger partial charge in [-0.1, -0.05) is 34.6 Å². The van der Waals surface area contributed by atoms with Crippen LogP contribution in [0.25, 0.3) is 0 Å². The van der Waals surface area contributed by atoms with E-state index in [1.54, 1.807) is 0 Å². The second kappa shape index (κ2) is 5.57. The van der Waals surface area contributed by atoms with Crippen molar-refractivity contribution in [3.05, 3.63) is 28.2 Å². The van der Waals surface area contributed by atoms with Gasteiger partial charge in [-0.3, -0.25) is 4.79 Å². The van der Waals surface area contributed by atoms with Gasteiger partial charge in [0.1, 0.15) is 0 Å². The Kier molecular flexibility index (Phi) is 4.30. The minimum Gasteiger partial charge on any atom is -0.392 e. The number of thiocarbonyl (C=S) groups is 1. The third-order valence-corrected chi connectivity index (χ3v) is 4.44. The summed E-state index contributed by atoms with van der Waals surface area (Å²) in [5, 5.41) is 2.48. The van der Waals surface area contributed by atoms with Crippen LogP contribution in [0.5, 0.6) is 0 Å². The molecule has 1 aliphatic rings. The van der Waals surface area contributed by atoms with Crippen LogP contribution < -0.4 is 11.1 Å². The number of hydrogen-bond acceptors (Lipinski definition) is 2. The van der Waals surface area contributed by atoms with Gasteiger partial charge >= 0.3 is 6.18 Å². The first-order chi connectivity index (χ1) is 9.65. The summed E-state index contributed by atoms with van der Waals surface area (Å²) in [5.41, 5.74) is 3.88. The van der Waals surface area contributed by atoms with Crippen molar-refractivity contribution in [3.63, 3.8) is 0 Å². The quantitative estimate of drug-likeness (QED) is 0.782. The fraction of sp³-hybridized carbons (Fsp3) is 0.385. The van der Waals surface area contributed by atoms with Gasteiger partial charge in [0.2, 0.25) is 5.91 Å². The van der Waals surface area contributed by atoms with Gasteiger partial charge in [-0.25, -0.2) is 0 Å². The number of benzene rings is 1. The standard InChI is InChI=1S/C13H12BrF3N2OS/c14-8-4-7(13(15,16)17)5-9(6-8)19-11(20)12(10(18)21)2-1-3-12/h4-6H,1-3H2,(H2,18,21)(H,19,20). The molecule has 0 saturated heterocycles. The summed E-state index contributed by atoms with van der Waals surface area (Å²) in [6.45, 7) is 0. The van der Waals surface area contributed by atoms with Gasteiger partial charge in [0.05, 0.1) is 16.0 Å². The second-order valence-corrected chi connectivity index (χ2v) is 6.34. The molecule has 0 unspecified atom stereocenters. The monoisotopic (exact) mass is 380 g/mol. The highest BCUT2D eigenvalue weighted by Gasteiger charge is 2.47. The summed E-state index contributed by atoms with van der Waals surface area (Å²) in [7, 11) is 0. The average Bonchev–Trinajstić information content (AvgIpc) is 2.24. The van der Waals surface area contributed by atoms with Gasteiger partial charge < -0.3 is 11.1 Å². The molecular formula is C13H12BrF3N2OS. The van der Waals surface area contributed by atoms with Crippen LogP contribution in [0.2, 0.25) is 0 Å². The van der Waals surface area contributed by atoms with E-state index in [1.165, 1.54) is 6.07 Å². The summed E-state index contributed by atoms with van der Waals surface area (Å²) in [4.78, 5) is 12.3. The normalized spacial score (nSPS) is 17.0. The molecule has 8 heteroatoms. The Hall–Kier alpha value is -1.15. The Labute approximate surface area is 133 Å². The molecule has 1 aliphatic carbocycles. The lowest BCUT2D eigenvalue weighted by molar-refractivity contribution is -0.137. The van der Waals surface area contributed by atoms with E-state index in [2.05, 4.69) is 21.2 Å². The van der Waals surface area contributed by atoms with Crippen LogP contribution in [0.1, 0.15) is 24.8 Å². The molecular weight excluding hydrogens is 369 g/mol. The number of halogens is 4. The molecule has 114 valence electrons. The van der Waals surface area contributed by atoms with E-state index in [4.69, 9.17) is 18.0 Å². The molecule has 0 atom stereocenters. The Morgan fingerprint density at radius 2 is 1.95 bits per heavy atom. The van der Waals surface area contributed by atoms with E-state index >= 15 is 0 Å². The second-order valence-electron chi connectivity index (χ2n) is 4.98. The molecule has 0 aliphatic heterocycles. The highest BCUT2D eigenvalue weighted by atomic mass is 79.9. The van der Waals surface area contributed by atoms with Gasteiger partial charge in [-0.05, 0) is 31.0 Å². The minimum atomic E-state index is -4.49. The fourth-order valence-electron chi connectivity index (χ4n) is 2.19. The molecule has 0 radical (unpaired) electrons. The zero-order chi connectivity index (χ0) is 15.8. The fourth-order valence-corrected chi connectivity index (χ4v) is 2.98. The van der Waals surface area contributed by atoms with E-state index in [0.717, 1.165) is 18.6 Å². The first-order valence-electron chi connectivity index (χ1n) is 6.14. The Bertz CT molecular complexity index is 600. The number of carbonyl (C=O) groups is 1. The number of anilines is 1. The maximum Gasteiger partial charge on any atom is 0.416 e. The maximum atomic E-state index is 12.8. The Morgan fingerprint density at radius 3 is 2.38 bits per heavy atom. The number of alkyl halides is 3. The number of nitrogens with one attached hydrogen (secondary N) is 1. The number of hydrogen-bond donors (Lipinski definition) is 2. The molecule has 1 saturated carbocycles. The third-order valence-electron chi connectivity index (χ3n) is 3.60. The van der Waals surface area contributed by atoms with Crippen LogP contribution in [0, 0.1) is 5.41 Å². The zero-order valence-corrected chi connectivity index (χ0v) is 13.2. The van der Waals surface area contributed by atoms with Crippen LogP contribution in [-0.2, 0) is 11.0 Å². The molecule has 3 nitrogen and oxygen atoms in total. The van der Waals surface area contributed by atoms with Crippen molar-refractivity contribution in [2.24, 2.45) is 11.1 Å². The SMILES string of the molecule is NC(=S)C1(C(=O)Nc2cc(Br)cc(C(F)(F)F)c2)CCC1. The van der Waals surface area contributed by atoms with Gasteiger partial charge in [0, 0.05) is 10.2 Å². The maximum absolute atomic E-state index is 12.8. The summed E-state index contributed by atoms with van der Waals surface area (Å²) >= 11 is 7.92. The lowest BCUT2D eigenvalue weighted by atomic mass is 9.68. The number of amides is 1. The topological polar surface area (TPSA) is 55.1 Å². The molecule has 0 aromatic heterocycles. The summed E-state index contributed by atoms with van der Waals surface area (Å²) < 4.78 is 38.5. The Morgan fingerprint density at radius 1 is 1.33 bits per heavy atom. The lowest BCUT2D eigenvalue weighted by Gasteiger charge is -2.39. The number of carbonyl (C=O) groups excluding carboxylic acids is 1. The first-order valence-corrected chi connectivity index (χ1v) is 7.34. The highest BCUT2D eigenvalue weighted by molar-refractivity contribution is 9.10. The van der Waals surface area contributed by atoms with Crippen LogP contribution in [0.4, 0.5) is 18.9 Å². The van der Waals surface area contributed by atoms with E-state index in [1.807, 2.05) is 0 Å². The van der Waals surface area contributed by atoms with E-state index < -0.39 is 23.1 Å². The molecule has 1 aromatic rings. The molecule has 1 fully saturated rings. The average molecular weight is 381 g/mol. The summed E-state index contributed by atoms with van der Waals surface area (Å²) in [5.74, 6) is -0.451. The lowest BCUT2D eigenvalue weighted by Crippen LogP contribution is -2.50. The molecule has 0 heterocycles. The van der Waals surface area contributed by atoms with Crippen molar-refractivity contribution in [2.75, 3.05) is 5.32 Å². The number of rotatable bonds is 3. The van der Waals surface area contributed by atoms with Crippen LogP contribution in [0.3, 0.4) is 0 Å². The molecule has 0 bridgehead atoms. The van der Waals surface area contributed by atoms with Gasteiger partial charge in [0.25, 0.3) is 0 Å². The van der Waals surface area contributed by atoms with E-state index in [-0.39, 0.29) is 15.1 Å². The van der Waals surface area contributed by atoms with Crippen molar-refractivity contribution in [3.8, 4) is 0 Å².